The lowest BCUT2D eigenvalue weighted by Crippen LogP contribution is -2.48. The van der Waals surface area contributed by atoms with Crippen LogP contribution in [0.2, 0.25) is 0 Å². The second-order valence-electron chi connectivity index (χ2n) is 2.65. The van der Waals surface area contributed by atoms with Gasteiger partial charge >= 0.3 is 0 Å². The van der Waals surface area contributed by atoms with Crippen LogP contribution in [0.15, 0.2) is 0 Å². The maximum absolute atomic E-state index is 11.0. The van der Waals surface area contributed by atoms with E-state index in [2.05, 4.69) is 5.32 Å². The van der Waals surface area contributed by atoms with Crippen LogP contribution in [0.25, 0.3) is 0 Å². The van der Waals surface area contributed by atoms with Gasteiger partial charge in [-0.25, -0.2) is 0 Å². The normalized spacial score (nSPS) is 14.9. The van der Waals surface area contributed by atoms with Gasteiger partial charge in [-0.05, 0) is 13.3 Å². The van der Waals surface area contributed by atoms with E-state index in [1.54, 1.807) is 6.92 Å². The molecule has 5 heteroatoms. The summed E-state index contributed by atoms with van der Waals surface area (Å²) in [5, 5.41) is 2.39. The first-order valence-electron chi connectivity index (χ1n) is 3.84. The van der Waals surface area contributed by atoms with Gasteiger partial charge in [0.15, 0.2) is 0 Å². The van der Waals surface area contributed by atoms with E-state index in [1.165, 1.54) is 6.92 Å². The summed E-state index contributed by atoms with van der Waals surface area (Å²) in [4.78, 5) is 21.6. The second-order valence-corrected chi connectivity index (χ2v) is 2.65. The molecule has 2 atom stereocenters. The molecular formula is C7H15N3O2. The molecule has 0 fully saturated rings. The number of primary amides is 1. The van der Waals surface area contributed by atoms with Crippen molar-refractivity contribution in [1.82, 2.24) is 5.32 Å². The molecule has 0 spiro atoms. The summed E-state index contributed by atoms with van der Waals surface area (Å²) in [5.74, 6) is -0.907. The number of carbonyl (C=O) groups excluding carboxylic acids is 2. The van der Waals surface area contributed by atoms with Crippen molar-refractivity contribution in [3.63, 3.8) is 0 Å². The molecule has 12 heavy (non-hydrogen) atoms. The third-order valence-electron chi connectivity index (χ3n) is 1.56. The Labute approximate surface area is 71.5 Å². The summed E-state index contributed by atoms with van der Waals surface area (Å²) in [6, 6.07) is -1.22. The summed E-state index contributed by atoms with van der Waals surface area (Å²) < 4.78 is 0. The molecule has 0 bridgehead atoms. The minimum absolute atomic E-state index is 0.344. The van der Waals surface area contributed by atoms with Crippen molar-refractivity contribution < 1.29 is 9.59 Å². The van der Waals surface area contributed by atoms with Crippen molar-refractivity contribution in [3.8, 4) is 0 Å². The maximum Gasteiger partial charge on any atom is 0.239 e. The van der Waals surface area contributed by atoms with Crippen molar-refractivity contribution in [3.05, 3.63) is 0 Å². The smallest absolute Gasteiger partial charge is 0.239 e. The van der Waals surface area contributed by atoms with Gasteiger partial charge in [-0.15, -0.1) is 0 Å². The van der Waals surface area contributed by atoms with Crippen LogP contribution >= 0.6 is 0 Å². The number of nitrogens with one attached hydrogen (secondary N) is 1. The fraction of sp³-hybridized carbons (Fsp3) is 0.714. The largest absolute Gasteiger partial charge is 0.368 e. The summed E-state index contributed by atoms with van der Waals surface area (Å²) >= 11 is 0. The number of rotatable bonds is 4. The van der Waals surface area contributed by atoms with Crippen LogP contribution in [-0.2, 0) is 9.59 Å². The van der Waals surface area contributed by atoms with Crippen LogP contribution in [-0.4, -0.2) is 23.9 Å². The van der Waals surface area contributed by atoms with Gasteiger partial charge in [-0.3, -0.25) is 9.59 Å². The number of amides is 2. The van der Waals surface area contributed by atoms with Crippen LogP contribution in [0.1, 0.15) is 20.3 Å². The summed E-state index contributed by atoms with van der Waals surface area (Å²) in [6.07, 6.45) is 0.539. The summed E-state index contributed by atoms with van der Waals surface area (Å²) in [7, 11) is 0. The Morgan fingerprint density at radius 1 is 1.50 bits per heavy atom. The van der Waals surface area contributed by atoms with Crippen LogP contribution in [0.4, 0.5) is 0 Å². The molecule has 0 aromatic rings. The topological polar surface area (TPSA) is 98.2 Å². The average Bonchev–Trinajstić information content (AvgIpc) is 2.02. The Balaban J connectivity index is 3.92. The Morgan fingerprint density at radius 2 is 2.00 bits per heavy atom. The lowest BCUT2D eigenvalue weighted by atomic mass is 10.2. The standard InChI is InChI=1S/C7H15N3O2/c1-3-5(8)7(12)10-4(2)6(9)11/h4-5H,3,8H2,1-2H3,(H2,9,11)(H,10,12)/t4?,5-/m0/s1. The zero-order valence-corrected chi connectivity index (χ0v) is 7.33. The SMILES string of the molecule is CC[C@H](N)C(=O)NC(C)C(N)=O. The van der Waals surface area contributed by atoms with E-state index in [9.17, 15) is 9.59 Å². The van der Waals surface area contributed by atoms with Crippen molar-refractivity contribution in [2.45, 2.75) is 32.4 Å². The van der Waals surface area contributed by atoms with Crippen molar-refractivity contribution >= 4 is 11.8 Å². The quantitative estimate of drug-likeness (QED) is 0.493. The van der Waals surface area contributed by atoms with Gasteiger partial charge in [0, 0.05) is 0 Å². The summed E-state index contributed by atoms with van der Waals surface area (Å²) in [6.45, 7) is 3.31. The van der Waals surface area contributed by atoms with E-state index in [0.717, 1.165) is 0 Å². The molecule has 0 aromatic carbocycles. The van der Waals surface area contributed by atoms with Gasteiger partial charge in [-0.2, -0.15) is 0 Å². The van der Waals surface area contributed by atoms with Crippen molar-refractivity contribution in [2.24, 2.45) is 11.5 Å². The first-order chi connectivity index (χ1) is 5.49. The lowest BCUT2D eigenvalue weighted by Gasteiger charge is -2.13. The predicted octanol–water partition coefficient (Wildman–Crippen LogP) is -1.29. The Bertz CT molecular complexity index is 181. The van der Waals surface area contributed by atoms with E-state index in [-0.39, 0.29) is 5.91 Å². The molecule has 2 amide bonds. The minimum Gasteiger partial charge on any atom is -0.368 e. The van der Waals surface area contributed by atoms with Gasteiger partial charge in [0.2, 0.25) is 11.8 Å². The molecule has 0 aliphatic heterocycles. The minimum atomic E-state index is -0.657. The molecule has 0 aliphatic rings. The highest BCUT2D eigenvalue weighted by Gasteiger charge is 2.16. The fourth-order valence-electron chi connectivity index (χ4n) is 0.577. The van der Waals surface area contributed by atoms with Crippen molar-refractivity contribution in [2.75, 3.05) is 0 Å². The van der Waals surface area contributed by atoms with E-state index < -0.39 is 18.0 Å². The monoisotopic (exact) mass is 173 g/mol. The van der Waals surface area contributed by atoms with Gasteiger partial charge in [0.1, 0.15) is 6.04 Å². The number of hydrogen-bond acceptors (Lipinski definition) is 3. The molecule has 70 valence electrons. The molecule has 0 radical (unpaired) electrons. The zero-order valence-electron chi connectivity index (χ0n) is 7.33. The van der Waals surface area contributed by atoms with Crippen LogP contribution in [0, 0.1) is 0 Å². The average molecular weight is 173 g/mol. The van der Waals surface area contributed by atoms with Gasteiger partial charge < -0.3 is 16.8 Å². The highest BCUT2D eigenvalue weighted by Crippen LogP contribution is 1.87. The molecule has 0 aliphatic carbocycles. The molecule has 0 saturated carbocycles. The number of hydrogen-bond donors (Lipinski definition) is 3. The van der Waals surface area contributed by atoms with E-state index in [4.69, 9.17) is 11.5 Å². The Kier molecular flexibility index (Phi) is 4.28. The van der Waals surface area contributed by atoms with E-state index in [0.29, 0.717) is 6.42 Å². The molecule has 0 aromatic heterocycles. The first-order valence-corrected chi connectivity index (χ1v) is 3.84. The fourth-order valence-corrected chi connectivity index (χ4v) is 0.577. The number of carbonyl (C=O) groups is 2. The Morgan fingerprint density at radius 3 is 2.33 bits per heavy atom. The van der Waals surface area contributed by atoms with Crippen molar-refractivity contribution in [1.29, 1.82) is 0 Å². The molecule has 1 unspecified atom stereocenters. The lowest BCUT2D eigenvalue weighted by molar-refractivity contribution is -0.127. The van der Waals surface area contributed by atoms with E-state index in [1.807, 2.05) is 0 Å². The zero-order chi connectivity index (χ0) is 9.72. The highest BCUT2D eigenvalue weighted by atomic mass is 16.2. The first kappa shape index (κ1) is 10.9. The third-order valence-corrected chi connectivity index (χ3v) is 1.56. The Hall–Kier alpha value is -1.10. The molecule has 0 heterocycles. The highest BCUT2D eigenvalue weighted by molar-refractivity contribution is 5.88. The molecular weight excluding hydrogens is 158 g/mol. The molecule has 5 N–H and O–H groups in total. The van der Waals surface area contributed by atoms with Crippen LogP contribution in [0.3, 0.4) is 0 Å². The molecule has 0 rings (SSSR count). The van der Waals surface area contributed by atoms with Crippen LogP contribution < -0.4 is 16.8 Å². The second kappa shape index (κ2) is 4.71. The predicted molar refractivity (Wildman–Crippen MR) is 45.1 cm³/mol. The van der Waals surface area contributed by atoms with E-state index >= 15 is 0 Å². The number of nitrogens with two attached hydrogens (primary N) is 2. The molecule has 5 nitrogen and oxygen atoms in total. The maximum atomic E-state index is 11.0. The van der Waals surface area contributed by atoms with Gasteiger partial charge in [0.25, 0.3) is 0 Å². The van der Waals surface area contributed by atoms with Gasteiger partial charge in [-0.1, -0.05) is 6.92 Å². The summed E-state index contributed by atoms with van der Waals surface area (Å²) in [5.41, 5.74) is 10.3. The molecule has 0 saturated heterocycles. The van der Waals surface area contributed by atoms with Gasteiger partial charge in [0.05, 0.1) is 6.04 Å². The third kappa shape index (κ3) is 3.34. The van der Waals surface area contributed by atoms with Crippen LogP contribution in [0.5, 0.6) is 0 Å².